The summed E-state index contributed by atoms with van der Waals surface area (Å²) in [7, 11) is 1.56. The number of methoxy groups -OCH3 is 1. The number of nitrogen functional groups attached to an aromatic ring is 1. The number of hydrogen-bond acceptors (Lipinski definition) is 7. The van der Waals surface area contributed by atoms with Crippen molar-refractivity contribution in [2.45, 2.75) is 0 Å². The van der Waals surface area contributed by atoms with Crippen LogP contribution in [0.1, 0.15) is 0 Å². The van der Waals surface area contributed by atoms with Crippen LogP contribution in [0, 0.1) is 0 Å². The minimum atomic E-state index is 0.354. The topological polar surface area (TPSA) is 116 Å². The van der Waals surface area contributed by atoms with Crippen LogP contribution in [0.15, 0.2) is 28.9 Å². The van der Waals surface area contributed by atoms with Gasteiger partial charge in [0.25, 0.3) is 5.89 Å². The Morgan fingerprint density at radius 2 is 2.26 bits per heavy atom. The van der Waals surface area contributed by atoms with E-state index in [1.807, 2.05) is 0 Å². The van der Waals surface area contributed by atoms with E-state index in [0.29, 0.717) is 34.4 Å². The lowest BCUT2D eigenvalue weighted by molar-refractivity contribution is 0.416. The summed E-state index contributed by atoms with van der Waals surface area (Å²) in [5.41, 5.74) is 7.55. The number of nitrogens with zero attached hydrogens (tertiary/aromatic N) is 4. The largest absolute Gasteiger partial charge is 0.495 e. The van der Waals surface area contributed by atoms with Gasteiger partial charge in [-0.3, -0.25) is 0 Å². The van der Waals surface area contributed by atoms with Gasteiger partial charge in [0.05, 0.1) is 19.0 Å². The lowest BCUT2D eigenvalue weighted by atomic mass is 10.2. The zero-order valence-corrected chi connectivity index (χ0v) is 9.99. The smallest absolute Gasteiger partial charge is 0.258 e. The first-order valence-corrected chi connectivity index (χ1v) is 5.41. The standard InChI is InChI=1S/C11H10N6O2/c1-18-9-3-2-6(4-7(9)12)11-14-10(16-19-11)8-5-13-17-15-8/h2-5H,12H2,1H3,(H,13,15,17). The maximum atomic E-state index is 5.83. The molecule has 0 aliphatic rings. The summed E-state index contributed by atoms with van der Waals surface area (Å²) in [6, 6.07) is 5.23. The van der Waals surface area contributed by atoms with Crippen LogP contribution >= 0.6 is 0 Å². The van der Waals surface area contributed by atoms with Crippen LogP contribution in [-0.2, 0) is 0 Å². The SMILES string of the molecule is COc1ccc(-c2nc(-c3cn[nH]n3)no2)cc1N. The predicted molar refractivity (Wildman–Crippen MR) is 66.1 cm³/mol. The molecule has 0 saturated carbocycles. The van der Waals surface area contributed by atoms with Crippen molar-refractivity contribution < 1.29 is 9.26 Å². The average Bonchev–Trinajstić information content (AvgIpc) is 3.09. The number of anilines is 1. The molecule has 2 aromatic heterocycles. The average molecular weight is 258 g/mol. The molecule has 0 aliphatic carbocycles. The molecule has 8 nitrogen and oxygen atoms in total. The number of ether oxygens (including phenoxy) is 1. The maximum Gasteiger partial charge on any atom is 0.258 e. The van der Waals surface area contributed by atoms with Gasteiger partial charge in [0.1, 0.15) is 5.75 Å². The molecule has 3 aromatic rings. The van der Waals surface area contributed by atoms with Crippen LogP contribution in [0.3, 0.4) is 0 Å². The third kappa shape index (κ3) is 1.99. The number of benzene rings is 1. The summed E-state index contributed by atoms with van der Waals surface area (Å²) < 4.78 is 10.2. The highest BCUT2D eigenvalue weighted by Gasteiger charge is 2.13. The highest BCUT2D eigenvalue weighted by Crippen LogP contribution is 2.28. The summed E-state index contributed by atoms with van der Waals surface area (Å²) in [4.78, 5) is 4.22. The van der Waals surface area contributed by atoms with Crippen molar-refractivity contribution in [2.75, 3.05) is 12.8 Å². The maximum absolute atomic E-state index is 5.83. The van der Waals surface area contributed by atoms with Gasteiger partial charge in [-0.2, -0.15) is 20.4 Å². The van der Waals surface area contributed by atoms with Crippen LogP contribution in [0.2, 0.25) is 0 Å². The van der Waals surface area contributed by atoms with E-state index in [1.165, 1.54) is 6.20 Å². The molecule has 2 heterocycles. The van der Waals surface area contributed by atoms with Crippen molar-refractivity contribution in [3.05, 3.63) is 24.4 Å². The van der Waals surface area contributed by atoms with Gasteiger partial charge >= 0.3 is 0 Å². The van der Waals surface area contributed by atoms with E-state index in [1.54, 1.807) is 25.3 Å². The number of H-pyrrole nitrogens is 1. The minimum Gasteiger partial charge on any atom is -0.495 e. The summed E-state index contributed by atoms with van der Waals surface area (Å²) >= 11 is 0. The normalized spacial score (nSPS) is 10.6. The summed E-state index contributed by atoms with van der Waals surface area (Å²) in [6.07, 6.45) is 1.51. The van der Waals surface area contributed by atoms with Gasteiger partial charge < -0.3 is 15.0 Å². The van der Waals surface area contributed by atoms with Crippen LogP contribution in [0.5, 0.6) is 5.75 Å². The monoisotopic (exact) mass is 258 g/mol. The van der Waals surface area contributed by atoms with E-state index in [4.69, 9.17) is 15.0 Å². The van der Waals surface area contributed by atoms with E-state index < -0.39 is 0 Å². The minimum absolute atomic E-state index is 0.354. The fourth-order valence-corrected chi connectivity index (χ4v) is 1.62. The Bertz CT molecular complexity index is 691. The third-order valence-corrected chi connectivity index (χ3v) is 2.55. The Morgan fingerprint density at radius 1 is 1.37 bits per heavy atom. The lowest BCUT2D eigenvalue weighted by Gasteiger charge is -2.04. The number of nitrogens with two attached hydrogens (primary N) is 1. The number of aromatic amines is 1. The molecule has 3 rings (SSSR count). The fraction of sp³-hybridized carbons (Fsp3) is 0.0909. The Balaban J connectivity index is 1.97. The quantitative estimate of drug-likeness (QED) is 0.676. The van der Waals surface area contributed by atoms with E-state index in [2.05, 4.69) is 25.6 Å². The van der Waals surface area contributed by atoms with Gasteiger partial charge in [-0.25, -0.2) is 0 Å². The second-order valence-electron chi connectivity index (χ2n) is 3.74. The number of rotatable bonds is 3. The highest BCUT2D eigenvalue weighted by molar-refractivity contribution is 5.66. The summed E-state index contributed by atoms with van der Waals surface area (Å²) in [5.74, 6) is 1.31. The second kappa shape index (κ2) is 4.41. The van der Waals surface area contributed by atoms with Crippen LogP contribution in [0.4, 0.5) is 5.69 Å². The van der Waals surface area contributed by atoms with Crippen molar-refractivity contribution in [3.63, 3.8) is 0 Å². The number of aromatic nitrogens is 5. The Morgan fingerprint density at radius 3 is 2.95 bits per heavy atom. The molecular weight excluding hydrogens is 248 g/mol. The Hall–Kier alpha value is -2.90. The van der Waals surface area contributed by atoms with Gasteiger partial charge in [-0.1, -0.05) is 5.16 Å². The molecule has 0 bridgehead atoms. The molecule has 1 aromatic carbocycles. The van der Waals surface area contributed by atoms with Gasteiger partial charge in [0, 0.05) is 5.56 Å². The summed E-state index contributed by atoms with van der Waals surface area (Å²) in [6.45, 7) is 0. The molecule has 0 radical (unpaired) electrons. The van der Waals surface area contributed by atoms with E-state index in [-0.39, 0.29) is 0 Å². The summed E-state index contributed by atoms with van der Waals surface area (Å²) in [5, 5.41) is 13.9. The molecular formula is C11H10N6O2. The zero-order valence-electron chi connectivity index (χ0n) is 9.99. The lowest BCUT2D eigenvalue weighted by Crippen LogP contribution is -1.92. The molecule has 8 heteroatoms. The van der Waals surface area contributed by atoms with Crippen LogP contribution in [0.25, 0.3) is 23.0 Å². The van der Waals surface area contributed by atoms with Crippen LogP contribution < -0.4 is 10.5 Å². The predicted octanol–water partition coefficient (Wildman–Crippen LogP) is 1.11. The van der Waals surface area contributed by atoms with Gasteiger partial charge in [-0.05, 0) is 18.2 Å². The van der Waals surface area contributed by atoms with Crippen molar-refractivity contribution in [1.29, 1.82) is 0 Å². The van der Waals surface area contributed by atoms with Crippen molar-refractivity contribution >= 4 is 5.69 Å². The van der Waals surface area contributed by atoms with Crippen molar-refractivity contribution in [1.82, 2.24) is 25.6 Å². The molecule has 3 N–H and O–H groups in total. The molecule has 0 saturated heterocycles. The number of nitrogens with one attached hydrogen (secondary N) is 1. The Kier molecular flexibility index (Phi) is 2.60. The van der Waals surface area contributed by atoms with E-state index >= 15 is 0 Å². The van der Waals surface area contributed by atoms with Crippen molar-refractivity contribution in [2.24, 2.45) is 0 Å². The van der Waals surface area contributed by atoms with Gasteiger partial charge in [-0.15, -0.1) is 0 Å². The third-order valence-electron chi connectivity index (χ3n) is 2.55. The van der Waals surface area contributed by atoms with Gasteiger partial charge in [0.2, 0.25) is 5.82 Å². The molecule has 0 spiro atoms. The molecule has 0 atom stereocenters. The molecule has 19 heavy (non-hydrogen) atoms. The van der Waals surface area contributed by atoms with E-state index in [0.717, 1.165) is 0 Å². The molecule has 0 unspecified atom stereocenters. The van der Waals surface area contributed by atoms with E-state index in [9.17, 15) is 0 Å². The Labute approximate surface area is 107 Å². The first-order valence-electron chi connectivity index (χ1n) is 5.41. The first-order chi connectivity index (χ1) is 9.28. The fourth-order valence-electron chi connectivity index (χ4n) is 1.62. The van der Waals surface area contributed by atoms with Crippen molar-refractivity contribution in [3.8, 4) is 28.7 Å². The van der Waals surface area contributed by atoms with Crippen LogP contribution in [-0.4, -0.2) is 32.7 Å². The van der Waals surface area contributed by atoms with Gasteiger partial charge in [0.15, 0.2) is 5.69 Å². The zero-order chi connectivity index (χ0) is 13.2. The second-order valence-corrected chi connectivity index (χ2v) is 3.74. The molecule has 0 aliphatic heterocycles. The first kappa shape index (κ1) is 11.2. The highest BCUT2D eigenvalue weighted by atomic mass is 16.5. The molecule has 0 amide bonds. The number of hydrogen-bond donors (Lipinski definition) is 2. The molecule has 0 fully saturated rings. The molecule has 96 valence electrons.